The van der Waals surface area contributed by atoms with E-state index in [9.17, 15) is 9.50 Å². The van der Waals surface area contributed by atoms with Gasteiger partial charge in [0.2, 0.25) is 0 Å². The van der Waals surface area contributed by atoms with Crippen molar-refractivity contribution in [1.82, 2.24) is 0 Å². The molecule has 2 aromatic rings. The maximum atomic E-state index is 13.1. The molecule has 0 fully saturated rings. The van der Waals surface area contributed by atoms with E-state index in [0.29, 0.717) is 22.4 Å². The van der Waals surface area contributed by atoms with Crippen molar-refractivity contribution in [2.75, 3.05) is 5.73 Å². The Labute approximate surface area is 103 Å². The number of amidine groups is 1. The van der Waals surface area contributed by atoms with Crippen molar-refractivity contribution in [3.05, 3.63) is 47.8 Å². The molecule has 6 N–H and O–H groups in total. The first-order valence-electron chi connectivity index (χ1n) is 5.22. The van der Waals surface area contributed by atoms with Crippen LogP contribution in [0.3, 0.4) is 0 Å². The molecule has 4 nitrogen and oxygen atoms in total. The number of halogens is 1. The summed E-state index contributed by atoms with van der Waals surface area (Å²) in [7, 11) is 0. The molecule has 0 aromatic heterocycles. The Bertz CT molecular complexity index is 626. The molecule has 0 spiro atoms. The van der Waals surface area contributed by atoms with Gasteiger partial charge in [-0.05, 0) is 35.9 Å². The first-order valence-corrected chi connectivity index (χ1v) is 5.22. The molecule has 0 unspecified atom stereocenters. The van der Waals surface area contributed by atoms with Crippen molar-refractivity contribution < 1.29 is 9.50 Å². The molecule has 0 heterocycles. The molecule has 92 valence electrons. The van der Waals surface area contributed by atoms with Gasteiger partial charge in [0.05, 0.1) is 0 Å². The lowest BCUT2D eigenvalue weighted by Crippen LogP contribution is -2.13. The molecule has 0 aliphatic carbocycles. The zero-order chi connectivity index (χ0) is 13.3. The summed E-state index contributed by atoms with van der Waals surface area (Å²) >= 11 is 0. The maximum Gasteiger partial charge on any atom is 0.124 e. The molecule has 0 bridgehead atoms. The summed E-state index contributed by atoms with van der Waals surface area (Å²) in [5.74, 6) is -0.620. The van der Waals surface area contributed by atoms with E-state index in [1.807, 2.05) is 0 Å². The Morgan fingerprint density at radius 1 is 1.17 bits per heavy atom. The molecular weight excluding hydrogens is 233 g/mol. The minimum Gasteiger partial charge on any atom is -0.507 e. The smallest absolute Gasteiger partial charge is 0.124 e. The van der Waals surface area contributed by atoms with Crippen LogP contribution in [0.25, 0.3) is 11.1 Å². The second kappa shape index (κ2) is 4.37. The van der Waals surface area contributed by atoms with Crippen molar-refractivity contribution >= 4 is 11.5 Å². The van der Waals surface area contributed by atoms with Crippen LogP contribution in [0.15, 0.2) is 36.4 Å². The van der Waals surface area contributed by atoms with E-state index < -0.39 is 5.82 Å². The van der Waals surface area contributed by atoms with Crippen LogP contribution >= 0.6 is 0 Å². The number of anilines is 1. The molecule has 0 aliphatic rings. The largest absolute Gasteiger partial charge is 0.507 e. The van der Waals surface area contributed by atoms with E-state index in [2.05, 4.69) is 0 Å². The Morgan fingerprint density at radius 2 is 1.89 bits per heavy atom. The number of rotatable bonds is 2. The van der Waals surface area contributed by atoms with E-state index in [0.717, 1.165) is 0 Å². The number of nitrogen functional groups attached to an aromatic ring is 2. The maximum absolute atomic E-state index is 13.1. The van der Waals surface area contributed by atoms with E-state index in [-0.39, 0.29) is 11.6 Å². The highest BCUT2D eigenvalue weighted by Crippen LogP contribution is 2.31. The number of aromatic hydroxyl groups is 1. The molecular formula is C13H12FN3O. The third kappa shape index (κ3) is 2.10. The average Bonchev–Trinajstić information content (AvgIpc) is 2.31. The lowest BCUT2D eigenvalue weighted by molar-refractivity contribution is 0.475. The van der Waals surface area contributed by atoms with Gasteiger partial charge in [-0.3, -0.25) is 5.41 Å². The summed E-state index contributed by atoms with van der Waals surface area (Å²) in [6, 6.07) is 8.41. The molecule has 0 amide bonds. The number of hydrogen-bond acceptors (Lipinski definition) is 3. The fourth-order valence-electron chi connectivity index (χ4n) is 1.72. The fraction of sp³-hybridized carbons (Fsp3) is 0. The molecule has 0 saturated heterocycles. The Kier molecular flexibility index (Phi) is 2.89. The van der Waals surface area contributed by atoms with Crippen LogP contribution in [0.1, 0.15) is 5.56 Å². The highest BCUT2D eigenvalue weighted by Gasteiger charge is 2.09. The van der Waals surface area contributed by atoms with Crippen LogP contribution in [0.4, 0.5) is 10.1 Å². The summed E-state index contributed by atoms with van der Waals surface area (Å²) < 4.78 is 13.1. The van der Waals surface area contributed by atoms with Gasteiger partial charge >= 0.3 is 0 Å². The second-order valence-corrected chi connectivity index (χ2v) is 3.88. The highest BCUT2D eigenvalue weighted by molar-refractivity contribution is 6.00. The Morgan fingerprint density at radius 3 is 2.50 bits per heavy atom. The molecule has 0 saturated carbocycles. The summed E-state index contributed by atoms with van der Waals surface area (Å²) in [5.41, 5.74) is 12.7. The summed E-state index contributed by atoms with van der Waals surface area (Å²) in [6.45, 7) is 0. The van der Waals surface area contributed by atoms with Crippen molar-refractivity contribution in [2.45, 2.75) is 0 Å². The van der Waals surface area contributed by atoms with E-state index in [1.165, 1.54) is 18.2 Å². The topological polar surface area (TPSA) is 96.1 Å². The van der Waals surface area contributed by atoms with E-state index in [1.54, 1.807) is 18.2 Å². The monoisotopic (exact) mass is 245 g/mol. The van der Waals surface area contributed by atoms with Gasteiger partial charge in [-0.15, -0.1) is 0 Å². The van der Waals surface area contributed by atoms with Crippen LogP contribution in [0, 0.1) is 11.2 Å². The van der Waals surface area contributed by atoms with Gasteiger partial charge < -0.3 is 16.6 Å². The Balaban J connectivity index is 2.55. The van der Waals surface area contributed by atoms with Crippen molar-refractivity contribution in [1.29, 1.82) is 5.41 Å². The van der Waals surface area contributed by atoms with Crippen LogP contribution < -0.4 is 11.5 Å². The van der Waals surface area contributed by atoms with Gasteiger partial charge in [0.1, 0.15) is 17.4 Å². The average molecular weight is 245 g/mol. The van der Waals surface area contributed by atoms with Gasteiger partial charge in [0.15, 0.2) is 0 Å². The van der Waals surface area contributed by atoms with Gasteiger partial charge in [-0.25, -0.2) is 4.39 Å². The zero-order valence-electron chi connectivity index (χ0n) is 9.44. The SMILES string of the molecule is N=C(N)c1ccc(-c2cc(F)ccc2O)cc1N. The number of phenols is 1. The fourth-order valence-corrected chi connectivity index (χ4v) is 1.72. The van der Waals surface area contributed by atoms with Crippen LogP contribution in [0.5, 0.6) is 5.75 Å². The molecule has 0 radical (unpaired) electrons. The third-order valence-electron chi connectivity index (χ3n) is 2.61. The zero-order valence-corrected chi connectivity index (χ0v) is 9.44. The van der Waals surface area contributed by atoms with Gasteiger partial charge in [0, 0.05) is 16.8 Å². The van der Waals surface area contributed by atoms with Gasteiger partial charge in [-0.2, -0.15) is 0 Å². The summed E-state index contributed by atoms with van der Waals surface area (Å²) in [5, 5.41) is 17.0. The number of nitrogens with two attached hydrogens (primary N) is 2. The second-order valence-electron chi connectivity index (χ2n) is 3.88. The summed E-state index contributed by atoms with van der Waals surface area (Å²) in [4.78, 5) is 0. The molecule has 18 heavy (non-hydrogen) atoms. The Hall–Kier alpha value is -2.56. The number of hydrogen-bond donors (Lipinski definition) is 4. The minimum absolute atomic E-state index is 0.0358. The number of benzene rings is 2. The highest BCUT2D eigenvalue weighted by atomic mass is 19.1. The predicted molar refractivity (Wildman–Crippen MR) is 68.9 cm³/mol. The van der Waals surface area contributed by atoms with E-state index >= 15 is 0 Å². The first-order chi connectivity index (χ1) is 8.49. The molecule has 2 aromatic carbocycles. The normalized spacial score (nSPS) is 10.3. The molecule has 2 rings (SSSR count). The lowest BCUT2D eigenvalue weighted by Gasteiger charge is -2.09. The minimum atomic E-state index is -0.447. The van der Waals surface area contributed by atoms with E-state index in [4.69, 9.17) is 16.9 Å². The van der Waals surface area contributed by atoms with Gasteiger partial charge in [0.25, 0.3) is 0 Å². The number of nitrogens with one attached hydrogen (secondary N) is 1. The van der Waals surface area contributed by atoms with Crippen molar-refractivity contribution in [3.8, 4) is 16.9 Å². The van der Waals surface area contributed by atoms with Crippen LogP contribution in [-0.4, -0.2) is 10.9 Å². The van der Waals surface area contributed by atoms with Crippen LogP contribution in [-0.2, 0) is 0 Å². The quantitative estimate of drug-likeness (QED) is 0.370. The van der Waals surface area contributed by atoms with Crippen molar-refractivity contribution in [3.63, 3.8) is 0 Å². The van der Waals surface area contributed by atoms with Crippen LogP contribution in [0.2, 0.25) is 0 Å². The molecule has 5 heteroatoms. The third-order valence-corrected chi connectivity index (χ3v) is 2.61. The molecule has 0 atom stereocenters. The lowest BCUT2D eigenvalue weighted by atomic mass is 10.0. The van der Waals surface area contributed by atoms with Crippen molar-refractivity contribution in [2.24, 2.45) is 5.73 Å². The molecule has 0 aliphatic heterocycles. The number of phenolic OH excluding ortho intramolecular Hbond substituents is 1. The van der Waals surface area contributed by atoms with Gasteiger partial charge in [-0.1, -0.05) is 6.07 Å². The predicted octanol–water partition coefficient (Wildman–Crippen LogP) is 2.06. The first kappa shape index (κ1) is 11.9. The standard InChI is InChI=1S/C13H12FN3O/c14-8-2-4-12(18)10(6-8)7-1-3-9(13(16)17)11(15)5-7/h1-6,18H,15H2,(H3,16,17). The summed E-state index contributed by atoms with van der Waals surface area (Å²) in [6.07, 6.45) is 0.